The summed E-state index contributed by atoms with van der Waals surface area (Å²) in [5.74, 6) is 0.604. The minimum Gasteiger partial charge on any atom is -0.504 e. The number of methoxy groups -OCH3 is 1. The normalized spacial score (nSPS) is 17.9. The predicted octanol–water partition coefficient (Wildman–Crippen LogP) is 2.11. The van der Waals surface area contributed by atoms with Gasteiger partial charge in [0.25, 0.3) is 0 Å². The minimum absolute atomic E-state index is 0.132. The number of phenols is 1. The summed E-state index contributed by atoms with van der Waals surface area (Å²) in [4.78, 5) is 0. The molecule has 4 heteroatoms. The van der Waals surface area contributed by atoms with Crippen LogP contribution in [0.4, 0.5) is 0 Å². The summed E-state index contributed by atoms with van der Waals surface area (Å²) in [7, 11) is 1.53. The van der Waals surface area contributed by atoms with E-state index in [1.54, 1.807) is 12.1 Å². The number of rotatable bonds is 2. The Kier molecular flexibility index (Phi) is 2.20. The Bertz CT molecular complexity index is 375. The molecule has 14 heavy (non-hydrogen) atoms. The van der Waals surface area contributed by atoms with Gasteiger partial charge < -0.3 is 15.6 Å². The minimum atomic E-state index is -0.222. The highest BCUT2D eigenvalue weighted by molar-refractivity contribution is 9.10. The van der Waals surface area contributed by atoms with Gasteiger partial charge in [-0.15, -0.1) is 0 Å². The van der Waals surface area contributed by atoms with Crippen molar-refractivity contribution < 1.29 is 9.84 Å². The zero-order chi connectivity index (χ0) is 10.3. The van der Waals surface area contributed by atoms with Crippen LogP contribution in [0.1, 0.15) is 18.4 Å². The topological polar surface area (TPSA) is 55.5 Å². The molecule has 1 aliphatic carbocycles. The number of halogens is 1. The molecule has 0 aromatic heterocycles. The Morgan fingerprint density at radius 1 is 1.50 bits per heavy atom. The summed E-state index contributed by atoms with van der Waals surface area (Å²) in [5.41, 5.74) is 6.86. The fourth-order valence-corrected chi connectivity index (χ4v) is 2.22. The first-order valence-electron chi connectivity index (χ1n) is 4.43. The van der Waals surface area contributed by atoms with Crippen molar-refractivity contribution in [2.24, 2.45) is 5.73 Å². The summed E-state index contributed by atoms with van der Waals surface area (Å²) < 4.78 is 5.88. The molecule has 0 saturated heterocycles. The molecule has 3 N–H and O–H groups in total. The van der Waals surface area contributed by atoms with Crippen LogP contribution in [0.3, 0.4) is 0 Å². The molecule has 76 valence electrons. The van der Waals surface area contributed by atoms with E-state index in [0.29, 0.717) is 5.75 Å². The first-order valence-corrected chi connectivity index (χ1v) is 5.22. The van der Waals surface area contributed by atoms with Crippen LogP contribution in [0.2, 0.25) is 0 Å². The third kappa shape index (κ3) is 1.48. The number of phenolic OH excluding ortho intramolecular Hbond substituents is 1. The molecule has 1 aromatic rings. The van der Waals surface area contributed by atoms with Crippen molar-refractivity contribution in [1.29, 1.82) is 0 Å². The van der Waals surface area contributed by atoms with Crippen molar-refractivity contribution in [3.05, 3.63) is 22.2 Å². The van der Waals surface area contributed by atoms with E-state index in [-0.39, 0.29) is 11.3 Å². The zero-order valence-electron chi connectivity index (χ0n) is 7.88. The highest BCUT2D eigenvalue weighted by Gasteiger charge is 2.41. The molecule has 0 aliphatic heterocycles. The summed E-state index contributed by atoms with van der Waals surface area (Å²) in [6.45, 7) is 0. The lowest BCUT2D eigenvalue weighted by Crippen LogP contribution is -2.19. The second-order valence-corrected chi connectivity index (χ2v) is 4.51. The molecule has 3 nitrogen and oxygen atoms in total. The standard InChI is InChI=1S/C10H12BrNO2/c1-14-9-4-6(10(12)2-3-10)7(11)5-8(9)13/h4-5,13H,2-3,12H2,1H3. The lowest BCUT2D eigenvalue weighted by atomic mass is 10.1. The monoisotopic (exact) mass is 257 g/mol. The van der Waals surface area contributed by atoms with Crippen LogP contribution < -0.4 is 10.5 Å². The molecular formula is C10H12BrNO2. The fourth-order valence-electron chi connectivity index (χ4n) is 1.49. The van der Waals surface area contributed by atoms with Gasteiger partial charge in [0.1, 0.15) is 0 Å². The van der Waals surface area contributed by atoms with E-state index in [1.165, 1.54) is 7.11 Å². The van der Waals surface area contributed by atoms with Crippen LogP contribution in [0.5, 0.6) is 11.5 Å². The molecular weight excluding hydrogens is 246 g/mol. The van der Waals surface area contributed by atoms with Gasteiger partial charge in [0, 0.05) is 10.0 Å². The van der Waals surface area contributed by atoms with Gasteiger partial charge in [-0.1, -0.05) is 15.9 Å². The van der Waals surface area contributed by atoms with Crippen LogP contribution in [-0.4, -0.2) is 12.2 Å². The van der Waals surface area contributed by atoms with Gasteiger partial charge in [-0.25, -0.2) is 0 Å². The maximum atomic E-state index is 9.51. The van der Waals surface area contributed by atoms with Crippen molar-refractivity contribution in [2.45, 2.75) is 18.4 Å². The molecule has 0 atom stereocenters. The Hall–Kier alpha value is -0.740. The molecule has 1 aromatic carbocycles. The zero-order valence-corrected chi connectivity index (χ0v) is 9.47. The van der Waals surface area contributed by atoms with Gasteiger partial charge in [0.2, 0.25) is 0 Å². The van der Waals surface area contributed by atoms with Crippen LogP contribution in [0.15, 0.2) is 16.6 Å². The second kappa shape index (κ2) is 3.14. The number of aromatic hydroxyl groups is 1. The van der Waals surface area contributed by atoms with E-state index in [1.807, 2.05) is 0 Å². The van der Waals surface area contributed by atoms with Crippen molar-refractivity contribution in [3.8, 4) is 11.5 Å². The molecule has 1 fully saturated rings. The Morgan fingerprint density at radius 3 is 2.64 bits per heavy atom. The van der Waals surface area contributed by atoms with E-state index in [4.69, 9.17) is 10.5 Å². The first-order chi connectivity index (χ1) is 6.57. The Labute approximate surface area is 91.0 Å². The third-order valence-electron chi connectivity index (χ3n) is 2.59. The van der Waals surface area contributed by atoms with E-state index in [0.717, 1.165) is 22.9 Å². The number of ether oxygens (including phenoxy) is 1. The van der Waals surface area contributed by atoms with Crippen molar-refractivity contribution in [3.63, 3.8) is 0 Å². The van der Waals surface area contributed by atoms with Gasteiger partial charge in [0.15, 0.2) is 11.5 Å². The molecule has 0 heterocycles. The predicted molar refractivity (Wildman–Crippen MR) is 57.5 cm³/mol. The highest BCUT2D eigenvalue weighted by Crippen LogP contribution is 2.48. The number of hydrogen-bond donors (Lipinski definition) is 2. The van der Waals surface area contributed by atoms with Gasteiger partial charge in [0.05, 0.1) is 7.11 Å². The van der Waals surface area contributed by atoms with E-state index in [9.17, 15) is 5.11 Å². The summed E-state index contributed by atoms with van der Waals surface area (Å²) in [5, 5.41) is 9.51. The quantitative estimate of drug-likeness (QED) is 0.854. The largest absolute Gasteiger partial charge is 0.504 e. The molecule has 0 spiro atoms. The van der Waals surface area contributed by atoms with Crippen LogP contribution in [0.25, 0.3) is 0 Å². The summed E-state index contributed by atoms with van der Waals surface area (Å²) in [6, 6.07) is 3.42. The van der Waals surface area contributed by atoms with Gasteiger partial charge >= 0.3 is 0 Å². The van der Waals surface area contributed by atoms with E-state index >= 15 is 0 Å². The lowest BCUT2D eigenvalue weighted by Gasteiger charge is -2.14. The summed E-state index contributed by atoms with van der Waals surface area (Å²) in [6.07, 6.45) is 1.97. The van der Waals surface area contributed by atoms with Crippen molar-refractivity contribution in [2.75, 3.05) is 7.11 Å². The highest BCUT2D eigenvalue weighted by atomic mass is 79.9. The fraction of sp³-hybridized carbons (Fsp3) is 0.400. The van der Waals surface area contributed by atoms with Crippen molar-refractivity contribution >= 4 is 15.9 Å². The number of hydrogen-bond acceptors (Lipinski definition) is 3. The number of benzene rings is 1. The van der Waals surface area contributed by atoms with E-state index < -0.39 is 0 Å². The molecule has 0 unspecified atom stereocenters. The Morgan fingerprint density at radius 2 is 2.14 bits per heavy atom. The average molecular weight is 258 g/mol. The van der Waals surface area contributed by atoms with Crippen LogP contribution in [0, 0.1) is 0 Å². The van der Waals surface area contributed by atoms with Gasteiger partial charge in [-0.2, -0.15) is 0 Å². The summed E-state index contributed by atoms with van der Waals surface area (Å²) >= 11 is 3.39. The maximum absolute atomic E-state index is 9.51. The average Bonchev–Trinajstić information content (AvgIpc) is 2.85. The Balaban J connectivity index is 2.50. The van der Waals surface area contributed by atoms with Gasteiger partial charge in [-0.3, -0.25) is 0 Å². The lowest BCUT2D eigenvalue weighted by molar-refractivity contribution is 0.372. The second-order valence-electron chi connectivity index (χ2n) is 3.66. The SMILES string of the molecule is COc1cc(C2(N)CC2)c(Br)cc1O. The molecule has 2 rings (SSSR count). The van der Waals surface area contributed by atoms with E-state index in [2.05, 4.69) is 15.9 Å². The molecule has 0 radical (unpaired) electrons. The molecule has 1 saturated carbocycles. The smallest absolute Gasteiger partial charge is 0.160 e. The first kappa shape index (κ1) is 9.80. The molecule has 0 bridgehead atoms. The number of nitrogens with two attached hydrogens (primary N) is 1. The third-order valence-corrected chi connectivity index (χ3v) is 3.25. The van der Waals surface area contributed by atoms with Crippen LogP contribution >= 0.6 is 15.9 Å². The molecule has 1 aliphatic rings. The van der Waals surface area contributed by atoms with Gasteiger partial charge in [-0.05, 0) is 30.5 Å². The molecule has 0 amide bonds. The van der Waals surface area contributed by atoms with Crippen LogP contribution in [-0.2, 0) is 5.54 Å². The van der Waals surface area contributed by atoms with Crippen molar-refractivity contribution in [1.82, 2.24) is 0 Å². The maximum Gasteiger partial charge on any atom is 0.160 e.